The number of amides is 1. The van der Waals surface area contributed by atoms with Crippen LogP contribution in [0.2, 0.25) is 0 Å². The van der Waals surface area contributed by atoms with Gasteiger partial charge in [-0.3, -0.25) is 14.4 Å². The summed E-state index contributed by atoms with van der Waals surface area (Å²) in [6.45, 7) is 4.46. The summed E-state index contributed by atoms with van der Waals surface area (Å²) in [6, 6.07) is 0.320. The summed E-state index contributed by atoms with van der Waals surface area (Å²) < 4.78 is 7.62. The van der Waals surface area contributed by atoms with Crippen molar-refractivity contribution in [1.29, 1.82) is 0 Å². The second-order valence-electron chi connectivity index (χ2n) is 7.91. The molecule has 1 saturated heterocycles. The van der Waals surface area contributed by atoms with E-state index < -0.39 is 0 Å². The lowest BCUT2D eigenvalue weighted by atomic mass is 9.85. The number of likely N-dealkylation sites (N-methyl/N-ethyl adjacent to an activating group) is 1. The van der Waals surface area contributed by atoms with Crippen LogP contribution in [-0.4, -0.2) is 65.4 Å². The molecule has 1 unspecified atom stereocenters. The summed E-state index contributed by atoms with van der Waals surface area (Å²) >= 11 is 0. The normalized spacial score (nSPS) is 25.8. The zero-order valence-corrected chi connectivity index (χ0v) is 16.0. The first kappa shape index (κ1) is 18.4. The topological polar surface area (TPSA) is 50.6 Å². The molecule has 25 heavy (non-hydrogen) atoms. The van der Waals surface area contributed by atoms with E-state index in [2.05, 4.69) is 23.2 Å². The average molecular weight is 348 g/mol. The van der Waals surface area contributed by atoms with E-state index in [4.69, 9.17) is 4.74 Å². The molecule has 1 aromatic heterocycles. The molecule has 0 bridgehead atoms. The van der Waals surface area contributed by atoms with Crippen LogP contribution in [0, 0.1) is 11.8 Å². The Morgan fingerprint density at radius 1 is 1.40 bits per heavy atom. The predicted octanol–water partition coefficient (Wildman–Crippen LogP) is 2.08. The number of likely N-dealkylation sites (tertiary alicyclic amines) is 1. The van der Waals surface area contributed by atoms with Gasteiger partial charge in [0.05, 0.1) is 12.8 Å². The summed E-state index contributed by atoms with van der Waals surface area (Å²) in [5.41, 5.74) is 1.24. The molecule has 1 amide bonds. The van der Waals surface area contributed by atoms with E-state index in [1.54, 1.807) is 0 Å². The zero-order chi connectivity index (χ0) is 18.0. The second kappa shape index (κ2) is 7.87. The molecule has 1 aliphatic heterocycles. The fraction of sp³-hybridized carbons (Fsp3) is 0.789. The third-order valence-corrected chi connectivity index (χ3v) is 5.58. The van der Waals surface area contributed by atoms with Gasteiger partial charge in [0.2, 0.25) is 0 Å². The SMILES string of the molecule is CC(OCC1CC1)C(=O)N(C)C[C@@H]1CCCN(C)[C@H]1c1cnn(C)c1. The molecule has 2 fully saturated rings. The van der Waals surface area contributed by atoms with Crippen molar-refractivity contribution in [2.75, 3.05) is 33.8 Å². The van der Waals surface area contributed by atoms with Crippen LogP contribution >= 0.6 is 0 Å². The summed E-state index contributed by atoms with van der Waals surface area (Å²) in [5.74, 6) is 1.20. The van der Waals surface area contributed by atoms with Gasteiger partial charge in [-0.15, -0.1) is 0 Å². The maximum atomic E-state index is 12.6. The molecular formula is C19H32N4O2. The molecule has 1 aromatic rings. The largest absolute Gasteiger partial charge is 0.368 e. The van der Waals surface area contributed by atoms with Crippen molar-refractivity contribution in [2.24, 2.45) is 18.9 Å². The van der Waals surface area contributed by atoms with E-state index in [1.807, 2.05) is 36.8 Å². The Morgan fingerprint density at radius 2 is 2.16 bits per heavy atom. The van der Waals surface area contributed by atoms with Crippen molar-refractivity contribution < 1.29 is 9.53 Å². The Hall–Kier alpha value is -1.40. The number of aromatic nitrogens is 2. The van der Waals surface area contributed by atoms with Gasteiger partial charge in [0, 0.05) is 38.4 Å². The Balaban J connectivity index is 1.60. The van der Waals surface area contributed by atoms with Crippen LogP contribution in [0.3, 0.4) is 0 Å². The van der Waals surface area contributed by atoms with E-state index in [9.17, 15) is 4.79 Å². The maximum absolute atomic E-state index is 12.6. The molecule has 6 nitrogen and oxygen atoms in total. The van der Waals surface area contributed by atoms with E-state index in [0.29, 0.717) is 17.9 Å². The van der Waals surface area contributed by atoms with Crippen molar-refractivity contribution in [3.8, 4) is 0 Å². The third-order valence-electron chi connectivity index (χ3n) is 5.58. The van der Waals surface area contributed by atoms with Crippen molar-refractivity contribution in [3.63, 3.8) is 0 Å². The summed E-state index contributed by atoms with van der Waals surface area (Å²) in [4.78, 5) is 16.9. The van der Waals surface area contributed by atoms with Gasteiger partial charge in [0.15, 0.2) is 0 Å². The van der Waals surface area contributed by atoms with E-state index >= 15 is 0 Å². The van der Waals surface area contributed by atoms with Crippen LogP contribution < -0.4 is 0 Å². The average Bonchev–Trinajstić information content (AvgIpc) is 3.32. The van der Waals surface area contributed by atoms with E-state index in [-0.39, 0.29) is 12.0 Å². The highest BCUT2D eigenvalue weighted by Crippen LogP contribution is 2.35. The fourth-order valence-electron chi connectivity index (χ4n) is 3.96. The smallest absolute Gasteiger partial charge is 0.251 e. The number of hydrogen-bond donors (Lipinski definition) is 0. The number of hydrogen-bond acceptors (Lipinski definition) is 4. The van der Waals surface area contributed by atoms with Gasteiger partial charge >= 0.3 is 0 Å². The highest BCUT2D eigenvalue weighted by atomic mass is 16.5. The van der Waals surface area contributed by atoms with Crippen molar-refractivity contribution in [1.82, 2.24) is 19.6 Å². The van der Waals surface area contributed by atoms with Crippen LogP contribution in [0.25, 0.3) is 0 Å². The van der Waals surface area contributed by atoms with E-state index in [0.717, 1.165) is 26.1 Å². The van der Waals surface area contributed by atoms with Gasteiger partial charge in [0.25, 0.3) is 5.91 Å². The highest BCUT2D eigenvalue weighted by Gasteiger charge is 2.33. The van der Waals surface area contributed by atoms with Crippen LogP contribution in [0.5, 0.6) is 0 Å². The fourth-order valence-corrected chi connectivity index (χ4v) is 3.96. The van der Waals surface area contributed by atoms with Gasteiger partial charge in [-0.2, -0.15) is 5.10 Å². The van der Waals surface area contributed by atoms with Gasteiger partial charge in [-0.25, -0.2) is 0 Å². The number of ether oxygens (including phenoxy) is 1. The zero-order valence-electron chi connectivity index (χ0n) is 16.0. The van der Waals surface area contributed by atoms with Crippen molar-refractivity contribution in [3.05, 3.63) is 18.0 Å². The Kier molecular flexibility index (Phi) is 5.79. The molecule has 1 aliphatic carbocycles. The maximum Gasteiger partial charge on any atom is 0.251 e. The monoisotopic (exact) mass is 348 g/mol. The first-order valence-corrected chi connectivity index (χ1v) is 9.51. The lowest BCUT2D eigenvalue weighted by Crippen LogP contribution is -2.44. The number of aryl methyl sites for hydroxylation is 1. The highest BCUT2D eigenvalue weighted by molar-refractivity contribution is 5.80. The summed E-state index contributed by atoms with van der Waals surface area (Å²) in [7, 11) is 6.04. The van der Waals surface area contributed by atoms with Crippen LogP contribution in [0.4, 0.5) is 0 Å². The molecular weight excluding hydrogens is 316 g/mol. The number of carbonyl (C=O) groups excluding carboxylic acids is 1. The molecule has 0 spiro atoms. The molecule has 1 saturated carbocycles. The first-order chi connectivity index (χ1) is 12.0. The van der Waals surface area contributed by atoms with Crippen molar-refractivity contribution in [2.45, 2.75) is 44.8 Å². The Morgan fingerprint density at radius 3 is 2.80 bits per heavy atom. The molecule has 0 aromatic carbocycles. The predicted molar refractivity (Wildman–Crippen MR) is 97.1 cm³/mol. The molecule has 0 radical (unpaired) electrons. The lowest BCUT2D eigenvalue weighted by Gasteiger charge is -2.40. The summed E-state index contributed by atoms with van der Waals surface area (Å²) in [5, 5.41) is 4.34. The molecule has 0 N–H and O–H groups in total. The third kappa shape index (κ3) is 4.61. The number of nitrogens with zero attached hydrogens (tertiary/aromatic N) is 4. The number of carbonyl (C=O) groups is 1. The Bertz CT molecular complexity index is 584. The molecule has 3 rings (SSSR count). The van der Waals surface area contributed by atoms with Crippen molar-refractivity contribution >= 4 is 5.91 Å². The standard InChI is InChI=1S/C19H32N4O2/c1-14(25-13-15-7-8-15)19(24)22(3)11-16-6-5-9-21(2)18(16)17-10-20-23(4)12-17/h10,12,14-16,18H,5-9,11,13H2,1-4H3/t14?,16-,18+/m0/s1. The minimum atomic E-state index is -0.344. The van der Waals surface area contributed by atoms with Crippen LogP contribution in [-0.2, 0) is 16.6 Å². The minimum absolute atomic E-state index is 0.0961. The molecule has 2 heterocycles. The first-order valence-electron chi connectivity index (χ1n) is 9.51. The van der Waals surface area contributed by atoms with Gasteiger partial charge < -0.3 is 9.64 Å². The molecule has 6 heteroatoms. The number of piperidine rings is 1. The molecule has 140 valence electrons. The Labute approximate surface area is 151 Å². The minimum Gasteiger partial charge on any atom is -0.368 e. The van der Waals surface area contributed by atoms with Crippen LogP contribution in [0.1, 0.15) is 44.2 Å². The van der Waals surface area contributed by atoms with Gasteiger partial charge in [-0.1, -0.05) is 0 Å². The van der Waals surface area contributed by atoms with Crippen LogP contribution in [0.15, 0.2) is 12.4 Å². The summed E-state index contributed by atoms with van der Waals surface area (Å²) in [6.07, 6.45) is 8.53. The van der Waals surface area contributed by atoms with Gasteiger partial charge in [0.1, 0.15) is 6.10 Å². The quantitative estimate of drug-likeness (QED) is 0.757. The van der Waals surface area contributed by atoms with Gasteiger partial charge in [-0.05, 0) is 58.0 Å². The second-order valence-corrected chi connectivity index (χ2v) is 7.91. The lowest BCUT2D eigenvalue weighted by molar-refractivity contribution is -0.142. The van der Waals surface area contributed by atoms with E-state index in [1.165, 1.54) is 24.8 Å². The number of rotatable bonds is 7. The molecule has 2 aliphatic rings. The molecule has 3 atom stereocenters.